The van der Waals surface area contributed by atoms with E-state index in [-0.39, 0.29) is 11.9 Å². The third-order valence-corrected chi connectivity index (χ3v) is 4.25. The summed E-state index contributed by atoms with van der Waals surface area (Å²) in [5.74, 6) is 1.06. The van der Waals surface area contributed by atoms with Crippen LogP contribution in [0.15, 0.2) is 6.33 Å². The normalized spacial score (nSPS) is 18.2. The van der Waals surface area contributed by atoms with E-state index in [0.29, 0.717) is 6.54 Å². The third kappa shape index (κ3) is 4.52. The van der Waals surface area contributed by atoms with Gasteiger partial charge in [0.15, 0.2) is 0 Å². The number of nitrogens with zero attached hydrogens (tertiary/aromatic N) is 4. The minimum absolute atomic E-state index is 0.0351. The molecule has 1 amide bonds. The number of amides is 1. The number of aryl methyl sites for hydroxylation is 1. The highest BCUT2D eigenvalue weighted by Gasteiger charge is 2.21. The van der Waals surface area contributed by atoms with Gasteiger partial charge in [-0.3, -0.25) is 9.69 Å². The molecule has 0 bridgehead atoms. The van der Waals surface area contributed by atoms with Crippen molar-refractivity contribution >= 4 is 5.91 Å². The maximum absolute atomic E-state index is 12.2. The molecule has 0 unspecified atom stereocenters. The number of carbonyl (C=O) groups is 1. The summed E-state index contributed by atoms with van der Waals surface area (Å²) in [4.78, 5) is 14.5. The Hall–Kier alpha value is -1.43. The first-order chi connectivity index (χ1) is 10.2. The van der Waals surface area contributed by atoms with E-state index in [1.165, 1.54) is 25.7 Å². The molecule has 0 radical (unpaired) electrons. The zero-order valence-corrected chi connectivity index (χ0v) is 13.2. The number of rotatable bonds is 6. The van der Waals surface area contributed by atoms with E-state index in [2.05, 4.69) is 27.3 Å². The van der Waals surface area contributed by atoms with Crippen LogP contribution in [-0.2, 0) is 17.8 Å². The molecule has 1 N–H and O–H groups in total. The third-order valence-electron chi connectivity index (χ3n) is 4.25. The van der Waals surface area contributed by atoms with Gasteiger partial charge in [-0.15, -0.1) is 10.2 Å². The van der Waals surface area contributed by atoms with E-state index in [9.17, 15) is 4.79 Å². The summed E-state index contributed by atoms with van der Waals surface area (Å²) in [5.41, 5.74) is 0. The fourth-order valence-corrected chi connectivity index (χ4v) is 2.83. The Labute approximate surface area is 126 Å². The fourth-order valence-electron chi connectivity index (χ4n) is 2.83. The van der Waals surface area contributed by atoms with Gasteiger partial charge in [0, 0.05) is 19.5 Å². The minimum atomic E-state index is -0.0351. The summed E-state index contributed by atoms with van der Waals surface area (Å²) in [6.07, 6.45) is 7.45. The Balaban J connectivity index is 1.75. The van der Waals surface area contributed by atoms with Crippen molar-refractivity contribution in [1.82, 2.24) is 25.0 Å². The van der Waals surface area contributed by atoms with E-state index < -0.39 is 0 Å². The highest BCUT2D eigenvalue weighted by molar-refractivity contribution is 5.81. The van der Waals surface area contributed by atoms with E-state index in [0.717, 1.165) is 31.9 Å². The number of likely N-dealkylation sites (tertiary alicyclic amines) is 1. The largest absolute Gasteiger partial charge is 0.354 e. The molecular formula is C15H27N5O. The van der Waals surface area contributed by atoms with Gasteiger partial charge < -0.3 is 9.88 Å². The van der Waals surface area contributed by atoms with Crippen LogP contribution in [0.5, 0.6) is 0 Å². The summed E-state index contributed by atoms with van der Waals surface area (Å²) in [7, 11) is 0. The van der Waals surface area contributed by atoms with Crippen LogP contribution in [0.2, 0.25) is 0 Å². The molecular weight excluding hydrogens is 266 g/mol. The standard InChI is InChI=1S/C15H27N5O/c1-3-19-12-17-18-14(19)8-9-16-15(21)13(2)20-10-6-4-5-7-11-20/h12-13H,3-11H2,1-2H3,(H,16,21)/t13-/m0/s1. The van der Waals surface area contributed by atoms with Gasteiger partial charge in [0.05, 0.1) is 6.04 Å². The lowest BCUT2D eigenvalue weighted by Gasteiger charge is -2.26. The molecule has 6 heteroatoms. The Morgan fingerprint density at radius 3 is 2.71 bits per heavy atom. The van der Waals surface area contributed by atoms with E-state index in [4.69, 9.17) is 0 Å². The maximum atomic E-state index is 12.2. The highest BCUT2D eigenvalue weighted by atomic mass is 16.2. The van der Waals surface area contributed by atoms with Crippen molar-refractivity contribution in [2.45, 2.75) is 58.5 Å². The number of aromatic nitrogens is 3. The molecule has 2 rings (SSSR count). The monoisotopic (exact) mass is 293 g/mol. The van der Waals surface area contributed by atoms with Crippen LogP contribution in [0.25, 0.3) is 0 Å². The van der Waals surface area contributed by atoms with Crippen LogP contribution in [0.3, 0.4) is 0 Å². The predicted octanol–water partition coefficient (Wildman–Crippen LogP) is 1.22. The Bertz CT molecular complexity index is 437. The lowest BCUT2D eigenvalue weighted by Crippen LogP contribution is -2.46. The Kier molecular flexibility index (Phi) is 6.17. The maximum Gasteiger partial charge on any atom is 0.237 e. The molecule has 0 spiro atoms. The van der Waals surface area contributed by atoms with E-state index in [1.54, 1.807) is 6.33 Å². The molecule has 1 atom stereocenters. The van der Waals surface area contributed by atoms with Gasteiger partial charge in [0.25, 0.3) is 0 Å². The van der Waals surface area contributed by atoms with Crippen LogP contribution in [0.1, 0.15) is 45.4 Å². The van der Waals surface area contributed by atoms with Gasteiger partial charge in [0.1, 0.15) is 12.2 Å². The first-order valence-corrected chi connectivity index (χ1v) is 8.10. The predicted molar refractivity (Wildman–Crippen MR) is 81.9 cm³/mol. The van der Waals surface area contributed by atoms with Crippen molar-refractivity contribution in [2.75, 3.05) is 19.6 Å². The molecule has 0 saturated carbocycles. The average molecular weight is 293 g/mol. The second-order valence-corrected chi connectivity index (χ2v) is 5.70. The summed E-state index contributed by atoms with van der Waals surface area (Å²) >= 11 is 0. The topological polar surface area (TPSA) is 63.1 Å². The lowest BCUT2D eigenvalue weighted by atomic mass is 10.2. The van der Waals surface area contributed by atoms with Gasteiger partial charge in [-0.05, 0) is 39.8 Å². The van der Waals surface area contributed by atoms with Crippen LogP contribution >= 0.6 is 0 Å². The SMILES string of the molecule is CCn1cnnc1CCNC(=O)[C@H](C)N1CCCCCC1. The van der Waals surface area contributed by atoms with Crippen molar-refractivity contribution in [1.29, 1.82) is 0 Å². The second-order valence-electron chi connectivity index (χ2n) is 5.70. The molecule has 1 aliphatic rings. The molecule has 1 saturated heterocycles. The van der Waals surface area contributed by atoms with Crippen molar-refractivity contribution in [3.63, 3.8) is 0 Å². The first-order valence-electron chi connectivity index (χ1n) is 8.10. The molecule has 2 heterocycles. The van der Waals surface area contributed by atoms with Crippen molar-refractivity contribution < 1.29 is 4.79 Å². The summed E-state index contributed by atoms with van der Waals surface area (Å²) in [6.45, 7) is 7.63. The first kappa shape index (κ1) is 15.9. The molecule has 1 aliphatic heterocycles. The van der Waals surface area contributed by atoms with Crippen LogP contribution in [0.4, 0.5) is 0 Å². The van der Waals surface area contributed by atoms with Crippen LogP contribution in [0, 0.1) is 0 Å². The zero-order chi connectivity index (χ0) is 15.1. The number of nitrogens with one attached hydrogen (secondary N) is 1. The Morgan fingerprint density at radius 1 is 1.33 bits per heavy atom. The molecule has 21 heavy (non-hydrogen) atoms. The lowest BCUT2D eigenvalue weighted by molar-refractivity contribution is -0.125. The molecule has 0 aliphatic carbocycles. The number of carbonyl (C=O) groups excluding carboxylic acids is 1. The second kappa shape index (κ2) is 8.12. The van der Waals surface area contributed by atoms with Crippen molar-refractivity contribution in [3.05, 3.63) is 12.2 Å². The molecule has 1 fully saturated rings. The summed E-state index contributed by atoms with van der Waals surface area (Å²) in [5, 5.41) is 11.0. The smallest absolute Gasteiger partial charge is 0.237 e. The molecule has 118 valence electrons. The van der Waals surface area contributed by atoms with Crippen molar-refractivity contribution in [2.24, 2.45) is 0 Å². The van der Waals surface area contributed by atoms with Crippen LogP contribution < -0.4 is 5.32 Å². The van der Waals surface area contributed by atoms with Gasteiger partial charge >= 0.3 is 0 Å². The van der Waals surface area contributed by atoms with Crippen LogP contribution in [-0.4, -0.2) is 51.2 Å². The van der Waals surface area contributed by atoms with E-state index in [1.807, 2.05) is 11.5 Å². The summed E-state index contributed by atoms with van der Waals surface area (Å²) < 4.78 is 2.00. The summed E-state index contributed by atoms with van der Waals surface area (Å²) in [6, 6.07) is -0.0351. The van der Waals surface area contributed by atoms with Gasteiger partial charge in [-0.1, -0.05) is 12.8 Å². The average Bonchev–Trinajstić information content (AvgIpc) is 2.78. The zero-order valence-electron chi connectivity index (χ0n) is 13.2. The van der Waals surface area contributed by atoms with Gasteiger partial charge in [0.2, 0.25) is 5.91 Å². The quantitative estimate of drug-likeness (QED) is 0.856. The fraction of sp³-hybridized carbons (Fsp3) is 0.800. The molecule has 6 nitrogen and oxygen atoms in total. The number of hydrogen-bond acceptors (Lipinski definition) is 4. The number of hydrogen-bond donors (Lipinski definition) is 1. The van der Waals surface area contributed by atoms with E-state index >= 15 is 0 Å². The van der Waals surface area contributed by atoms with Crippen molar-refractivity contribution in [3.8, 4) is 0 Å². The Morgan fingerprint density at radius 2 is 2.05 bits per heavy atom. The van der Waals surface area contributed by atoms with Gasteiger partial charge in [-0.2, -0.15) is 0 Å². The molecule has 1 aromatic heterocycles. The van der Waals surface area contributed by atoms with Gasteiger partial charge in [-0.25, -0.2) is 0 Å². The minimum Gasteiger partial charge on any atom is -0.354 e. The highest BCUT2D eigenvalue weighted by Crippen LogP contribution is 2.12. The molecule has 1 aromatic rings. The molecule has 0 aromatic carbocycles.